The minimum absolute atomic E-state index is 0.261. The maximum Gasteiger partial charge on any atom is 0.241 e. The zero-order valence-electron chi connectivity index (χ0n) is 13.7. The van der Waals surface area contributed by atoms with Crippen LogP contribution in [0.25, 0.3) is 10.8 Å². The van der Waals surface area contributed by atoms with E-state index in [0.717, 1.165) is 15.4 Å². The molecule has 0 fully saturated rings. The molecule has 3 aromatic rings. The van der Waals surface area contributed by atoms with Gasteiger partial charge in [0.05, 0.1) is 9.92 Å². The molecular formula is C18H17BrClN3O2S. The molecule has 0 aliphatic carbocycles. The first-order chi connectivity index (χ1) is 12.5. The summed E-state index contributed by atoms with van der Waals surface area (Å²) >= 11 is 9.41. The summed E-state index contributed by atoms with van der Waals surface area (Å²) in [5, 5.41) is 5.30. The Morgan fingerprint density at radius 1 is 1.12 bits per heavy atom. The number of nitrogens with zero attached hydrogens (tertiary/aromatic N) is 1. The zero-order valence-corrected chi connectivity index (χ0v) is 16.9. The summed E-state index contributed by atoms with van der Waals surface area (Å²) in [7, 11) is -3.59. The second kappa shape index (κ2) is 8.45. The quantitative estimate of drug-likeness (QED) is 0.534. The van der Waals surface area contributed by atoms with Gasteiger partial charge in [-0.05, 0) is 45.8 Å². The van der Waals surface area contributed by atoms with Gasteiger partial charge in [-0.1, -0.05) is 29.8 Å². The van der Waals surface area contributed by atoms with Gasteiger partial charge < -0.3 is 5.32 Å². The van der Waals surface area contributed by atoms with E-state index >= 15 is 0 Å². The van der Waals surface area contributed by atoms with E-state index in [1.54, 1.807) is 30.6 Å². The number of benzene rings is 2. The summed E-state index contributed by atoms with van der Waals surface area (Å²) < 4.78 is 28.6. The summed E-state index contributed by atoms with van der Waals surface area (Å²) in [5.74, 6) is 0. The molecule has 0 radical (unpaired) electrons. The first kappa shape index (κ1) is 19.3. The summed E-state index contributed by atoms with van der Waals surface area (Å²) in [6.07, 6.45) is 3.24. The number of aromatic nitrogens is 1. The lowest BCUT2D eigenvalue weighted by Gasteiger charge is -2.10. The Hall–Kier alpha value is -1.51. The van der Waals surface area contributed by atoms with Crippen LogP contribution in [0.5, 0.6) is 0 Å². The van der Waals surface area contributed by atoms with Crippen LogP contribution < -0.4 is 10.0 Å². The van der Waals surface area contributed by atoms with Gasteiger partial charge in [0, 0.05) is 47.3 Å². The van der Waals surface area contributed by atoms with Gasteiger partial charge in [0.2, 0.25) is 10.0 Å². The van der Waals surface area contributed by atoms with Gasteiger partial charge in [-0.15, -0.1) is 0 Å². The molecule has 0 saturated carbocycles. The van der Waals surface area contributed by atoms with E-state index < -0.39 is 10.0 Å². The molecule has 2 N–H and O–H groups in total. The fourth-order valence-electron chi connectivity index (χ4n) is 2.56. The Kier molecular flexibility index (Phi) is 6.26. The van der Waals surface area contributed by atoms with Crippen LogP contribution in [0.1, 0.15) is 5.56 Å². The summed E-state index contributed by atoms with van der Waals surface area (Å²) in [4.78, 5) is 4.29. The minimum atomic E-state index is -3.59. The first-order valence-corrected chi connectivity index (χ1v) is 10.6. The fraction of sp³-hybridized carbons (Fsp3) is 0.167. The predicted molar refractivity (Wildman–Crippen MR) is 108 cm³/mol. The molecule has 0 aliphatic rings. The van der Waals surface area contributed by atoms with Gasteiger partial charge in [0.15, 0.2) is 0 Å². The highest BCUT2D eigenvalue weighted by atomic mass is 79.9. The van der Waals surface area contributed by atoms with Gasteiger partial charge in [-0.3, -0.25) is 4.98 Å². The Bertz CT molecular complexity index is 1020. The molecule has 3 rings (SSSR count). The Labute approximate surface area is 166 Å². The predicted octanol–water partition coefficient (Wildman–Crippen LogP) is 3.72. The third-order valence-electron chi connectivity index (χ3n) is 3.84. The molecule has 0 aliphatic heterocycles. The van der Waals surface area contributed by atoms with Crippen LogP contribution in [0.3, 0.4) is 0 Å². The fourth-order valence-corrected chi connectivity index (χ4v) is 4.27. The molecule has 0 spiro atoms. The number of fused-ring (bicyclic) bond motifs is 1. The summed E-state index contributed by atoms with van der Waals surface area (Å²) in [6, 6.07) is 12.6. The normalized spacial score (nSPS) is 11.8. The smallest absolute Gasteiger partial charge is 0.241 e. The van der Waals surface area contributed by atoms with Crippen LogP contribution >= 0.6 is 27.5 Å². The average molecular weight is 455 g/mol. The Morgan fingerprint density at radius 2 is 1.96 bits per heavy atom. The maximum atomic E-state index is 12.6. The zero-order chi connectivity index (χ0) is 18.6. The number of pyridine rings is 1. The Balaban J connectivity index is 1.57. The molecule has 0 amide bonds. The maximum absolute atomic E-state index is 12.6. The number of hydrogen-bond donors (Lipinski definition) is 2. The van der Waals surface area contributed by atoms with Crippen LogP contribution in [0.2, 0.25) is 5.02 Å². The van der Waals surface area contributed by atoms with Crippen molar-refractivity contribution in [2.45, 2.75) is 11.4 Å². The molecule has 0 bridgehead atoms. The van der Waals surface area contributed by atoms with Crippen molar-refractivity contribution in [1.82, 2.24) is 15.0 Å². The molecule has 0 atom stereocenters. The third-order valence-corrected chi connectivity index (χ3v) is 6.59. The van der Waals surface area contributed by atoms with E-state index in [0.29, 0.717) is 23.5 Å². The molecular weight excluding hydrogens is 438 g/mol. The van der Waals surface area contributed by atoms with Crippen molar-refractivity contribution in [2.75, 3.05) is 13.1 Å². The first-order valence-electron chi connectivity index (χ1n) is 7.94. The third kappa shape index (κ3) is 4.61. The number of halogens is 2. The molecule has 0 saturated heterocycles. The van der Waals surface area contributed by atoms with Crippen LogP contribution in [0.15, 0.2) is 64.2 Å². The molecule has 0 unspecified atom stereocenters. The van der Waals surface area contributed by atoms with Crippen molar-refractivity contribution in [2.24, 2.45) is 0 Å². The lowest BCUT2D eigenvalue weighted by atomic mass is 10.2. The Morgan fingerprint density at radius 3 is 2.77 bits per heavy atom. The molecule has 8 heteroatoms. The molecule has 2 aromatic carbocycles. The molecule has 26 heavy (non-hydrogen) atoms. The highest BCUT2D eigenvalue weighted by molar-refractivity contribution is 9.10. The van der Waals surface area contributed by atoms with E-state index in [1.165, 1.54) is 0 Å². The van der Waals surface area contributed by atoms with Gasteiger partial charge >= 0.3 is 0 Å². The van der Waals surface area contributed by atoms with E-state index in [1.807, 2.05) is 24.3 Å². The number of hydrogen-bond acceptors (Lipinski definition) is 4. The summed E-state index contributed by atoms with van der Waals surface area (Å²) in [5.41, 5.74) is 1.03. The van der Waals surface area contributed by atoms with Crippen molar-refractivity contribution >= 4 is 48.3 Å². The number of nitrogens with one attached hydrogen (secondary N) is 2. The lowest BCUT2D eigenvalue weighted by Crippen LogP contribution is -2.31. The standard InChI is InChI=1S/C18H17BrClN3O2S/c19-16-5-4-13(10-17(16)20)11-22-8-9-23-26(24,25)18-3-1-2-14-12-21-7-6-15(14)18/h1-7,10,12,22-23H,8-9,11H2. The van der Waals surface area contributed by atoms with Gasteiger partial charge in [-0.25, -0.2) is 13.1 Å². The molecule has 5 nitrogen and oxygen atoms in total. The monoisotopic (exact) mass is 453 g/mol. The minimum Gasteiger partial charge on any atom is -0.311 e. The SMILES string of the molecule is O=S(=O)(NCCNCc1ccc(Br)c(Cl)c1)c1cccc2cnccc12. The number of sulfonamides is 1. The van der Waals surface area contributed by atoms with Crippen LogP contribution in [0.4, 0.5) is 0 Å². The van der Waals surface area contributed by atoms with Crippen LogP contribution in [-0.4, -0.2) is 26.5 Å². The highest BCUT2D eigenvalue weighted by Crippen LogP contribution is 2.23. The average Bonchev–Trinajstić information content (AvgIpc) is 2.63. The van der Waals surface area contributed by atoms with Crippen molar-refractivity contribution in [1.29, 1.82) is 0 Å². The highest BCUT2D eigenvalue weighted by Gasteiger charge is 2.16. The van der Waals surface area contributed by atoms with E-state index in [9.17, 15) is 8.42 Å². The van der Waals surface area contributed by atoms with E-state index in [2.05, 4.69) is 31.0 Å². The van der Waals surface area contributed by atoms with Crippen molar-refractivity contribution in [3.05, 3.63) is 69.9 Å². The van der Waals surface area contributed by atoms with Gasteiger partial charge in [0.1, 0.15) is 0 Å². The van der Waals surface area contributed by atoms with Crippen molar-refractivity contribution in [3.63, 3.8) is 0 Å². The number of rotatable bonds is 7. The topological polar surface area (TPSA) is 71.1 Å². The molecule has 1 aromatic heterocycles. The van der Waals surface area contributed by atoms with E-state index in [-0.39, 0.29) is 11.4 Å². The van der Waals surface area contributed by atoms with Crippen LogP contribution in [-0.2, 0) is 16.6 Å². The van der Waals surface area contributed by atoms with Gasteiger partial charge in [-0.2, -0.15) is 0 Å². The lowest BCUT2D eigenvalue weighted by molar-refractivity contribution is 0.577. The summed E-state index contributed by atoms with van der Waals surface area (Å²) in [6.45, 7) is 1.39. The molecule has 136 valence electrons. The van der Waals surface area contributed by atoms with Crippen molar-refractivity contribution < 1.29 is 8.42 Å². The van der Waals surface area contributed by atoms with Gasteiger partial charge in [0.25, 0.3) is 0 Å². The van der Waals surface area contributed by atoms with Crippen LogP contribution in [0, 0.1) is 0 Å². The second-order valence-electron chi connectivity index (χ2n) is 5.68. The second-order valence-corrected chi connectivity index (χ2v) is 8.67. The van der Waals surface area contributed by atoms with E-state index in [4.69, 9.17) is 11.6 Å². The molecule has 1 heterocycles. The largest absolute Gasteiger partial charge is 0.311 e. The van der Waals surface area contributed by atoms with Crippen molar-refractivity contribution in [3.8, 4) is 0 Å².